The van der Waals surface area contributed by atoms with Gasteiger partial charge in [0.25, 0.3) is 6.43 Å². The lowest BCUT2D eigenvalue weighted by Crippen LogP contribution is -2.37. The molecule has 0 fully saturated rings. The van der Waals surface area contributed by atoms with Crippen LogP contribution in [-0.2, 0) is 9.53 Å². The lowest BCUT2D eigenvalue weighted by Gasteiger charge is -2.25. The summed E-state index contributed by atoms with van der Waals surface area (Å²) in [6.45, 7) is -0.553. The minimum atomic E-state index is -2.52. The average molecular weight is 287 g/mol. The summed E-state index contributed by atoms with van der Waals surface area (Å²) in [6, 6.07) is 8.86. The highest BCUT2D eigenvalue weighted by Crippen LogP contribution is 2.19. The summed E-state index contributed by atoms with van der Waals surface area (Å²) in [5.41, 5.74) is 0.705. The van der Waals surface area contributed by atoms with Crippen molar-refractivity contribution >= 4 is 5.97 Å². The summed E-state index contributed by atoms with van der Waals surface area (Å²) in [5, 5.41) is 8.93. The number of benzene rings is 1. The van der Waals surface area contributed by atoms with Gasteiger partial charge >= 0.3 is 5.97 Å². The molecule has 112 valence electrons. The van der Waals surface area contributed by atoms with Gasteiger partial charge in [0.05, 0.1) is 26.2 Å². The number of carbonyl (C=O) groups excluding carboxylic acids is 1. The Morgan fingerprint density at radius 2 is 1.95 bits per heavy atom. The summed E-state index contributed by atoms with van der Waals surface area (Å²) >= 11 is 0. The molecule has 0 saturated carbocycles. The van der Waals surface area contributed by atoms with Crippen LogP contribution in [0, 0.1) is 0 Å². The minimum absolute atomic E-state index is 0.0849. The van der Waals surface area contributed by atoms with Crippen molar-refractivity contribution in [2.45, 2.75) is 12.3 Å². The molecule has 0 aliphatic heterocycles. The lowest BCUT2D eigenvalue weighted by atomic mass is 9.98. The van der Waals surface area contributed by atoms with Crippen LogP contribution < -0.4 is 0 Å². The van der Waals surface area contributed by atoms with Gasteiger partial charge in [0.2, 0.25) is 0 Å². The van der Waals surface area contributed by atoms with Gasteiger partial charge in [0.15, 0.2) is 0 Å². The maximum absolute atomic E-state index is 12.5. The Balaban J connectivity index is 2.85. The van der Waals surface area contributed by atoms with Crippen molar-refractivity contribution in [2.24, 2.45) is 0 Å². The van der Waals surface area contributed by atoms with Crippen molar-refractivity contribution in [1.29, 1.82) is 0 Å². The number of hydrogen-bond donors (Lipinski definition) is 1. The molecule has 0 aliphatic carbocycles. The maximum Gasteiger partial charge on any atom is 0.314 e. The smallest absolute Gasteiger partial charge is 0.314 e. The van der Waals surface area contributed by atoms with Gasteiger partial charge in [0, 0.05) is 13.1 Å². The largest absolute Gasteiger partial charge is 0.469 e. The third-order valence-electron chi connectivity index (χ3n) is 2.94. The lowest BCUT2D eigenvalue weighted by molar-refractivity contribution is -0.143. The Kier molecular flexibility index (Phi) is 7.11. The standard InChI is InChI=1S/C14H19F2NO3/c1-20-14(19)12(11-5-3-2-4-6-11)9-17(7-8-18)10-13(15)16/h2-6,12-13,18H,7-10H2,1H3. The number of ether oxygens (including phenoxy) is 1. The highest BCUT2D eigenvalue weighted by molar-refractivity contribution is 5.78. The van der Waals surface area contributed by atoms with E-state index in [1.54, 1.807) is 24.3 Å². The highest BCUT2D eigenvalue weighted by atomic mass is 19.3. The molecular formula is C14H19F2NO3. The fourth-order valence-electron chi connectivity index (χ4n) is 2.00. The second kappa shape index (κ2) is 8.60. The molecule has 1 N–H and O–H groups in total. The number of halogens is 2. The summed E-state index contributed by atoms with van der Waals surface area (Å²) in [5.74, 6) is -1.13. The molecule has 0 heterocycles. The molecule has 1 atom stereocenters. The van der Waals surface area contributed by atoms with Crippen LogP contribution in [0.15, 0.2) is 30.3 Å². The molecule has 0 radical (unpaired) electrons. The van der Waals surface area contributed by atoms with Crippen LogP contribution in [0.4, 0.5) is 8.78 Å². The van der Waals surface area contributed by atoms with Crippen LogP contribution in [0.1, 0.15) is 11.5 Å². The second-order valence-corrected chi connectivity index (χ2v) is 4.36. The number of aliphatic hydroxyl groups is 1. The van der Waals surface area contributed by atoms with Gasteiger partial charge < -0.3 is 9.84 Å². The van der Waals surface area contributed by atoms with Gasteiger partial charge in [-0.3, -0.25) is 9.69 Å². The van der Waals surface area contributed by atoms with E-state index in [1.165, 1.54) is 12.0 Å². The molecule has 1 aromatic rings. The number of esters is 1. The van der Waals surface area contributed by atoms with E-state index < -0.39 is 24.9 Å². The van der Waals surface area contributed by atoms with Gasteiger partial charge in [-0.1, -0.05) is 30.3 Å². The topological polar surface area (TPSA) is 49.8 Å². The summed E-state index contributed by atoms with van der Waals surface area (Å²) in [7, 11) is 1.27. The fourth-order valence-corrected chi connectivity index (χ4v) is 2.00. The molecule has 1 aromatic carbocycles. The minimum Gasteiger partial charge on any atom is -0.469 e. The Hall–Kier alpha value is -1.53. The van der Waals surface area contributed by atoms with Crippen LogP contribution in [0.2, 0.25) is 0 Å². The van der Waals surface area contributed by atoms with Crippen LogP contribution in [0.25, 0.3) is 0 Å². The van der Waals surface area contributed by atoms with E-state index in [2.05, 4.69) is 0 Å². The Morgan fingerprint density at radius 1 is 1.30 bits per heavy atom. The molecule has 20 heavy (non-hydrogen) atoms. The molecule has 0 aromatic heterocycles. The average Bonchev–Trinajstić information content (AvgIpc) is 2.44. The zero-order valence-electron chi connectivity index (χ0n) is 11.3. The van der Waals surface area contributed by atoms with E-state index in [-0.39, 0.29) is 19.7 Å². The third kappa shape index (κ3) is 5.22. The number of nitrogens with zero attached hydrogens (tertiary/aromatic N) is 1. The van der Waals surface area contributed by atoms with E-state index in [4.69, 9.17) is 9.84 Å². The Bertz CT molecular complexity index is 401. The molecule has 6 heteroatoms. The van der Waals surface area contributed by atoms with Crippen molar-refractivity contribution < 1.29 is 23.4 Å². The van der Waals surface area contributed by atoms with Gasteiger partial charge in [-0.2, -0.15) is 0 Å². The predicted octanol–water partition coefficient (Wildman–Crippen LogP) is 1.50. The summed E-state index contributed by atoms with van der Waals surface area (Å²) in [6.07, 6.45) is -2.52. The third-order valence-corrected chi connectivity index (χ3v) is 2.94. The van der Waals surface area contributed by atoms with Crippen LogP contribution in [0.5, 0.6) is 0 Å². The number of carbonyl (C=O) groups is 1. The predicted molar refractivity (Wildman–Crippen MR) is 70.7 cm³/mol. The van der Waals surface area contributed by atoms with Crippen molar-refractivity contribution in [3.8, 4) is 0 Å². The molecule has 0 bridgehead atoms. The molecule has 0 amide bonds. The highest BCUT2D eigenvalue weighted by Gasteiger charge is 2.25. The van der Waals surface area contributed by atoms with Crippen LogP contribution in [-0.4, -0.2) is 55.8 Å². The Morgan fingerprint density at radius 3 is 2.45 bits per heavy atom. The number of alkyl halides is 2. The van der Waals surface area contributed by atoms with Gasteiger partial charge in [0.1, 0.15) is 0 Å². The quantitative estimate of drug-likeness (QED) is 0.736. The fraction of sp³-hybridized carbons (Fsp3) is 0.500. The van der Waals surface area contributed by atoms with Gasteiger partial charge in [-0.25, -0.2) is 8.78 Å². The maximum atomic E-state index is 12.5. The molecule has 1 rings (SSSR count). The van der Waals surface area contributed by atoms with Crippen LogP contribution >= 0.6 is 0 Å². The first-order valence-electron chi connectivity index (χ1n) is 6.32. The van der Waals surface area contributed by atoms with Crippen molar-refractivity contribution in [3.05, 3.63) is 35.9 Å². The molecule has 4 nitrogen and oxygen atoms in total. The molecular weight excluding hydrogens is 268 g/mol. The molecule has 0 aliphatic rings. The summed E-state index contributed by atoms with van der Waals surface area (Å²) < 4.78 is 29.7. The van der Waals surface area contributed by atoms with Crippen molar-refractivity contribution in [3.63, 3.8) is 0 Å². The SMILES string of the molecule is COC(=O)C(CN(CCO)CC(F)F)c1ccccc1. The number of methoxy groups -OCH3 is 1. The zero-order chi connectivity index (χ0) is 15.0. The van der Waals surface area contributed by atoms with E-state index in [0.29, 0.717) is 5.56 Å². The van der Waals surface area contributed by atoms with E-state index in [9.17, 15) is 13.6 Å². The van der Waals surface area contributed by atoms with E-state index >= 15 is 0 Å². The first-order valence-corrected chi connectivity index (χ1v) is 6.32. The molecule has 0 saturated heterocycles. The number of hydrogen-bond acceptors (Lipinski definition) is 4. The van der Waals surface area contributed by atoms with Crippen molar-refractivity contribution in [2.75, 3.05) is 33.4 Å². The van der Waals surface area contributed by atoms with E-state index in [0.717, 1.165) is 0 Å². The molecule has 1 unspecified atom stereocenters. The van der Waals surface area contributed by atoms with Gasteiger partial charge in [-0.15, -0.1) is 0 Å². The van der Waals surface area contributed by atoms with Crippen molar-refractivity contribution in [1.82, 2.24) is 4.90 Å². The van der Waals surface area contributed by atoms with Gasteiger partial charge in [-0.05, 0) is 5.56 Å². The summed E-state index contributed by atoms with van der Waals surface area (Å²) in [4.78, 5) is 13.2. The second-order valence-electron chi connectivity index (χ2n) is 4.36. The Labute approximate surface area is 117 Å². The normalized spacial score (nSPS) is 12.7. The number of aliphatic hydroxyl groups excluding tert-OH is 1. The monoisotopic (exact) mass is 287 g/mol. The first-order chi connectivity index (χ1) is 9.58. The zero-order valence-corrected chi connectivity index (χ0v) is 11.3. The molecule has 0 spiro atoms. The van der Waals surface area contributed by atoms with Crippen LogP contribution in [0.3, 0.4) is 0 Å². The first kappa shape index (κ1) is 16.5. The van der Waals surface area contributed by atoms with E-state index in [1.807, 2.05) is 6.07 Å². The number of rotatable bonds is 8.